The summed E-state index contributed by atoms with van der Waals surface area (Å²) in [5.74, 6) is 0.240. The summed E-state index contributed by atoms with van der Waals surface area (Å²) in [6.07, 6.45) is 0. The lowest BCUT2D eigenvalue weighted by atomic mass is 9.96. The van der Waals surface area contributed by atoms with Crippen LogP contribution in [0.25, 0.3) is 0 Å². The molecule has 2 N–H and O–H groups in total. The van der Waals surface area contributed by atoms with Crippen molar-refractivity contribution in [2.24, 2.45) is 5.73 Å². The molecule has 0 amide bonds. The molecule has 0 spiro atoms. The van der Waals surface area contributed by atoms with Gasteiger partial charge in [-0.2, -0.15) is 5.26 Å². The fourth-order valence-corrected chi connectivity index (χ4v) is 2.10. The van der Waals surface area contributed by atoms with Crippen LogP contribution in [0.15, 0.2) is 5.38 Å². The summed E-state index contributed by atoms with van der Waals surface area (Å²) < 4.78 is 0. The van der Waals surface area contributed by atoms with Crippen LogP contribution >= 0.6 is 11.3 Å². The van der Waals surface area contributed by atoms with E-state index in [1.54, 1.807) is 0 Å². The number of nitrogens with zero attached hydrogens (tertiary/aromatic N) is 2. The van der Waals surface area contributed by atoms with E-state index in [-0.39, 0.29) is 12.0 Å². The molecule has 0 aliphatic carbocycles. The van der Waals surface area contributed by atoms with E-state index in [0.29, 0.717) is 0 Å². The number of hydrogen-bond acceptors (Lipinski definition) is 4. The van der Waals surface area contributed by atoms with Crippen molar-refractivity contribution in [3.05, 3.63) is 16.1 Å². The summed E-state index contributed by atoms with van der Waals surface area (Å²) in [6.45, 7) is 7.79. The summed E-state index contributed by atoms with van der Waals surface area (Å²) >= 11 is 1.54. The minimum Gasteiger partial charge on any atom is -0.327 e. The highest BCUT2D eigenvalue weighted by Gasteiger charge is 2.25. The van der Waals surface area contributed by atoms with Crippen LogP contribution in [0.5, 0.6) is 0 Å². The van der Waals surface area contributed by atoms with Crippen molar-refractivity contribution in [2.45, 2.75) is 45.1 Å². The van der Waals surface area contributed by atoms with Crippen LogP contribution in [0.1, 0.15) is 44.3 Å². The maximum atomic E-state index is 9.00. The standard InChI is InChI=1S/C11H17N3S/c1-7(8(2)13)9-5-15-10(14-9)11(3,4)6-12/h5,7-8H,13H2,1-4H3. The van der Waals surface area contributed by atoms with Gasteiger partial charge in [-0.3, -0.25) is 0 Å². The fraction of sp³-hybridized carbons (Fsp3) is 0.636. The van der Waals surface area contributed by atoms with Crippen LogP contribution in [0.4, 0.5) is 0 Å². The SMILES string of the molecule is CC(N)C(C)c1csc(C(C)(C)C#N)n1. The quantitative estimate of drug-likeness (QED) is 0.855. The normalized spacial score (nSPS) is 15.7. The Labute approximate surface area is 94.9 Å². The minimum absolute atomic E-state index is 0.0881. The van der Waals surface area contributed by atoms with Crippen LogP contribution in [0.2, 0.25) is 0 Å². The lowest BCUT2D eigenvalue weighted by molar-refractivity contribution is 0.592. The topological polar surface area (TPSA) is 62.7 Å². The van der Waals surface area contributed by atoms with Crippen LogP contribution in [-0.2, 0) is 5.41 Å². The van der Waals surface area contributed by atoms with E-state index >= 15 is 0 Å². The van der Waals surface area contributed by atoms with Gasteiger partial charge in [-0.15, -0.1) is 11.3 Å². The first-order chi connectivity index (χ1) is 6.88. The molecular formula is C11H17N3S. The van der Waals surface area contributed by atoms with E-state index in [0.717, 1.165) is 10.7 Å². The average molecular weight is 223 g/mol. The maximum Gasteiger partial charge on any atom is 0.113 e. The molecule has 0 saturated heterocycles. The van der Waals surface area contributed by atoms with Crippen molar-refractivity contribution in [1.82, 2.24) is 4.98 Å². The van der Waals surface area contributed by atoms with Gasteiger partial charge in [0.15, 0.2) is 0 Å². The highest BCUT2D eigenvalue weighted by Crippen LogP contribution is 2.28. The van der Waals surface area contributed by atoms with E-state index in [2.05, 4.69) is 18.0 Å². The Hall–Kier alpha value is -0.920. The number of thiazole rings is 1. The predicted octanol–water partition coefficient (Wildman–Crippen LogP) is 2.39. The highest BCUT2D eigenvalue weighted by atomic mass is 32.1. The fourth-order valence-electron chi connectivity index (χ4n) is 1.10. The summed E-state index contributed by atoms with van der Waals surface area (Å²) in [7, 11) is 0. The molecule has 0 fully saturated rings. The van der Waals surface area contributed by atoms with Gasteiger partial charge < -0.3 is 5.73 Å². The van der Waals surface area contributed by atoms with E-state index in [9.17, 15) is 0 Å². The first-order valence-electron chi connectivity index (χ1n) is 5.01. The lowest BCUT2D eigenvalue weighted by Crippen LogP contribution is -2.23. The van der Waals surface area contributed by atoms with Crippen LogP contribution in [0.3, 0.4) is 0 Å². The van der Waals surface area contributed by atoms with Gasteiger partial charge in [-0.1, -0.05) is 6.92 Å². The van der Waals surface area contributed by atoms with Gasteiger partial charge >= 0.3 is 0 Å². The summed E-state index contributed by atoms with van der Waals surface area (Å²) in [4.78, 5) is 4.49. The van der Waals surface area contributed by atoms with Crippen molar-refractivity contribution in [2.75, 3.05) is 0 Å². The largest absolute Gasteiger partial charge is 0.327 e. The number of rotatable bonds is 3. The van der Waals surface area contributed by atoms with E-state index in [1.165, 1.54) is 11.3 Å². The molecule has 2 atom stereocenters. The second kappa shape index (κ2) is 4.30. The zero-order valence-electron chi connectivity index (χ0n) is 9.61. The molecule has 0 aliphatic rings. The van der Waals surface area contributed by atoms with Gasteiger partial charge in [0.2, 0.25) is 0 Å². The van der Waals surface area contributed by atoms with E-state index < -0.39 is 5.41 Å². The number of nitriles is 1. The van der Waals surface area contributed by atoms with Gasteiger partial charge in [0, 0.05) is 17.3 Å². The van der Waals surface area contributed by atoms with Crippen LogP contribution in [-0.4, -0.2) is 11.0 Å². The molecule has 1 rings (SSSR count). The van der Waals surface area contributed by atoms with Gasteiger partial charge in [-0.05, 0) is 20.8 Å². The average Bonchev–Trinajstić information content (AvgIpc) is 2.65. The van der Waals surface area contributed by atoms with Gasteiger partial charge in [0.25, 0.3) is 0 Å². The van der Waals surface area contributed by atoms with Crippen LogP contribution in [0, 0.1) is 11.3 Å². The van der Waals surface area contributed by atoms with Crippen molar-refractivity contribution < 1.29 is 0 Å². The highest BCUT2D eigenvalue weighted by molar-refractivity contribution is 7.09. The minimum atomic E-state index is -0.500. The van der Waals surface area contributed by atoms with Crippen molar-refractivity contribution in [3.63, 3.8) is 0 Å². The molecule has 3 nitrogen and oxygen atoms in total. The Morgan fingerprint density at radius 2 is 2.13 bits per heavy atom. The van der Waals surface area contributed by atoms with Crippen molar-refractivity contribution >= 4 is 11.3 Å². The molecule has 0 radical (unpaired) electrons. The van der Waals surface area contributed by atoms with Crippen LogP contribution < -0.4 is 5.73 Å². The molecule has 82 valence electrons. The molecular weight excluding hydrogens is 206 g/mol. The molecule has 0 aromatic carbocycles. The Morgan fingerprint density at radius 3 is 2.60 bits per heavy atom. The Balaban J connectivity index is 2.96. The number of aromatic nitrogens is 1. The predicted molar refractivity (Wildman–Crippen MR) is 62.8 cm³/mol. The lowest BCUT2D eigenvalue weighted by Gasteiger charge is -2.13. The third-order valence-electron chi connectivity index (χ3n) is 2.59. The second-order valence-electron chi connectivity index (χ2n) is 4.46. The van der Waals surface area contributed by atoms with Gasteiger partial charge in [-0.25, -0.2) is 4.98 Å². The number of nitrogens with two attached hydrogens (primary N) is 1. The Bertz CT molecular complexity index is 373. The smallest absolute Gasteiger partial charge is 0.113 e. The molecule has 15 heavy (non-hydrogen) atoms. The molecule has 1 heterocycles. The van der Waals surface area contributed by atoms with Gasteiger partial charge in [0.1, 0.15) is 10.4 Å². The summed E-state index contributed by atoms with van der Waals surface area (Å²) in [6, 6.07) is 2.34. The molecule has 2 unspecified atom stereocenters. The molecule has 0 bridgehead atoms. The summed E-state index contributed by atoms with van der Waals surface area (Å²) in [5, 5.41) is 11.9. The number of hydrogen-bond donors (Lipinski definition) is 1. The van der Waals surface area contributed by atoms with Gasteiger partial charge in [0.05, 0.1) is 11.8 Å². The molecule has 1 aromatic heterocycles. The van der Waals surface area contributed by atoms with E-state index in [1.807, 2.05) is 26.2 Å². The van der Waals surface area contributed by atoms with E-state index in [4.69, 9.17) is 11.0 Å². The maximum absolute atomic E-state index is 9.00. The third kappa shape index (κ3) is 2.55. The molecule has 0 aliphatic heterocycles. The third-order valence-corrected chi connectivity index (χ3v) is 3.78. The summed E-state index contributed by atoms with van der Waals surface area (Å²) in [5.41, 5.74) is 6.31. The second-order valence-corrected chi connectivity index (χ2v) is 5.32. The zero-order chi connectivity index (χ0) is 11.6. The first-order valence-corrected chi connectivity index (χ1v) is 5.89. The monoisotopic (exact) mass is 223 g/mol. The Morgan fingerprint density at radius 1 is 1.53 bits per heavy atom. The molecule has 0 saturated carbocycles. The van der Waals surface area contributed by atoms with Crippen molar-refractivity contribution in [1.29, 1.82) is 5.26 Å². The first kappa shape index (κ1) is 12.2. The van der Waals surface area contributed by atoms with Crippen molar-refractivity contribution in [3.8, 4) is 6.07 Å². The molecule has 4 heteroatoms. The zero-order valence-corrected chi connectivity index (χ0v) is 10.4. The molecule has 1 aromatic rings. The Kier molecular flexibility index (Phi) is 3.48.